The molecule has 0 aliphatic carbocycles. The van der Waals surface area contributed by atoms with Gasteiger partial charge in [-0.05, 0) is 78.8 Å². The number of benzene rings is 3. The fraction of sp³-hybridized carbons (Fsp3) is 0.424. The van der Waals surface area contributed by atoms with Gasteiger partial charge in [0, 0.05) is 48.8 Å². The standard InChI is InChI=1S/C33H36Cl2N2O6/c34-24-3-1-23(2-4-24)32(41)9-15-37(16-10-32)31(40)28-7-6-26(38)18-30(28)42-21-27(39)19-36-13-11-33(12-14-36)29-8-5-25(35)17-22(29)20-43-33/h1-8,17-18,27,38-39,41H,9-16,19-21H2/t27-/m0/s1. The van der Waals surface area contributed by atoms with Crippen molar-refractivity contribution in [2.75, 3.05) is 39.3 Å². The van der Waals surface area contributed by atoms with Crippen LogP contribution >= 0.6 is 23.2 Å². The molecule has 10 heteroatoms. The van der Waals surface area contributed by atoms with Crippen molar-refractivity contribution in [2.24, 2.45) is 0 Å². The second kappa shape index (κ2) is 12.3. The van der Waals surface area contributed by atoms with E-state index in [0.29, 0.717) is 54.7 Å². The van der Waals surface area contributed by atoms with Gasteiger partial charge in [0.1, 0.15) is 24.2 Å². The molecule has 1 amide bonds. The number of aromatic hydroxyl groups is 1. The molecule has 43 heavy (non-hydrogen) atoms. The number of carbonyl (C=O) groups is 1. The first-order valence-corrected chi connectivity index (χ1v) is 15.5. The van der Waals surface area contributed by atoms with Crippen LogP contribution in [0.5, 0.6) is 11.5 Å². The Morgan fingerprint density at radius 2 is 1.63 bits per heavy atom. The molecule has 2 fully saturated rings. The molecule has 0 saturated carbocycles. The van der Waals surface area contributed by atoms with Gasteiger partial charge in [0.2, 0.25) is 0 Å². The van der Waals surface area contributed by atoms with Gasteiger partial charge in [0.25, 0.3) is 5.91 Å². The minimum absolute atomic E-state index is 0.0282. The number of likely N-dealkylation sites (tertiary alicyclic amines) is 2. The molecule has 6 rings (SSSR count). The Balaban J connectivity index is 1.03. The summed E-state index contributed by atoms with van der Waals surface area (Å²) in [5.74, 6) is -0.0619. The Bertz CT molecular complexity index is 1470. The predicted octanol–water partition coefficient (Wildman–Crippen LogP) is 5.08. The molecule has 1 spiro atoms. The van der Waals surface area contributed by atoms with Gasteiger partial charge in [-0.1, -0.05) is 41.4 Å². The van der Waals surface area contributed by atoms with Crippen LogP contribution in [0.3, 0.4) is 0 Å². The minimum Gasteiger partial charge on any atom is -0.508 e. The zero-order chi connectivity index (χ0) is 30.2. The first-order valence-electron chi connectivity index (χ1n) is 14.7. The SMILES string of the molecule is O=C(c1ccc(O)cc1OC[C@@H](O)CN1CCC2(CC1)OCc1cc(Cl)ccc12)N1CCC(O)(c2ccc(Cl)cc2)CC1. The molecule has 228 valence electrons. The van der Waals surface area contributed by atoms with Gasteiger partial charge in [-0.2, -0.15) is 0 Å². The summed E-state index contributed by atoms with van der Waals surface area (Å²) in [7, 11) is 0. The third-order valence-corrected chi connectivity index (χ3v) is 9.57. The molecule has 3 heterocycles. The monoisotopic (exact) mass is 626 g/mol. The lowest BCUT2D eigenvalue weighted by Gasteiger charge is -2.40. The van der Waals surface area contributed by atoms with Crippen LogP contribution in [0.2, 0.25) is 10.0 Å². The molecular formula is C33H36Cl2N2O6. The lowest BCUT2D eigenvalue weighted by atomic mass is 9.84. The molecule has 0 bridgehead atoms. The lowest BCUT2D eigenvalue weighted by Crippen LogP contribution is -2.46. The Labute approximate surface area is 261 Å². The third-order valence-electron chi connectivity index (χ3n) is 9.08. The summed E-state index contributed by atoms with van der Waals surface area (Å²) in [5, 5.41) is 33.5. The summed E-state index contributed by atoms with van der Waals surface area (Å²) in [4.78, 5) is 17.4. The Hall–Kier alpha value is -2.85. The molecule has 1 atom stereocenters. The number of phenolic OH excluding ortho intramolecular Hbond substituents is 1. The van der Waals surface area contributed by atoms with Crippen molar-refractivity contribution < 1.29 is 29.6 Å². The number of halogens is 2. The van der Waals surface area contributed by atoms with E-state index in [9.17, 15) is 20.1 Å². The zero-order valence-corrected chi connectivity index (χ0v) is 25.4. The van der Waals surface area contributed by atoms with Gasteiger partial charge in [-0.3, -0.25) is 4.79 Å². The minimum atomic E-state index is -1.03. The Morgan fingerprint density at radius 1 is 0.930 bits per heavy atom. The van der Waals surface area contributed by atoms with Crippen molar-refractivity contribution in [3.8, 4) is 11.5 Å². The average Bonchev–Trinajstić information content (AvgIpc) is 3.34. The van der Waals surface area contributed by atoms with Crippen LogP contribution in [0.25, 0.3) is 0 Å². The number of aliphatic hydroxyl groups excluding tert-OH is 1. The Kier molecular flexibility index (Phi) is 8.61. The highest BCUT2D eigenvalue weighted by molar-refractivity contribution is 6.30. The second-order valence-electron chi connectivity index (χ2n) is 11.9. The quantitative estimate of drug-likeness (QED) is 0.336. The van der Waals surface area contributed by atoms with Crippen molar-refractivity contribution in [3.05, 3.63) is 93.0 Å². The number of nitrogens with zero attached hydrogens (tertiary/aromatic N) is 2. The smallest absolute Gasteiger partial charge is 0.257 e. The van der Waals surface area contributed by atoms with E-state index < -0.39 is 11.7 Å². The molecule has 0 aromatic heterocycles. The lowest BCUT2D eigenvalue weighted by molar-refractivity contribution is -0.0835. The molecule has 3 aromatic carbocycles. The van der Waals surface area contributed by atoms with Gasteiger partial charge in [-0.25, -0.2) is 0 Å². The maximum Gasteiger partial charge on any atom is 0.257 e. The molecule has 2 saturated heterocycles. The molecule has 3 aliphatic rings. The summed E-state index contributed by atoms with van der Waals surface area (Å²) in [6.07, 6.45) is 1.62. The molecule has 0 radical (unpaired) electrons. The number of β-amino-alcohol motifs (C(OH)–C–C–N with tert-alkyl or cyclic N) is 1. The molecule has 3 aliphatic heterocycles. The fourth-order valence-corrected chi connectivity index (χ4v) is 6.89. The van der Waals surface area contributed by atoms with E-state index in [1.165, 1.54) is 23.8 Å². The number of fused-ring (bicyclic) bond motifs is 2. The number of amides is 1. The van der Waals surface area contributed by atoms with Crippen LogP contribution in [-0.2, 0) is 22.5 Å². The third kappa shape index (κ3) is 6.36. The van der Waals surface area contributed by atoms with Crippen LogP contribution in [0.15, 0.2) is 60.7 Å². The van der Waals surface area contributed by atoms with Crippen LogP contribution in [-0.4, -0.2) is 76.5 Å². The van der Waals surface area contributed by atoms with E-state index in [2.05, 4.69) is 11.0 Å². The topological polar surface area (TPSA) is 103 Å². The van der Waals surface area contributed by atoms with Gasteiger partial charge >= 0.3 is 0 Å². The molecule has 3 N–H and O–H groups in total. The summed E-state index contributed by atoms with van der Waals surface area (Å²) in [6.45, 7) is 3.22. The Morgan fingerprint density at radius 3 is 2.35 bits per heavy atom. The van der Waals surface area contributed by atoms with E-state index in [1.807, 2.05) is 24.3 Å². The molecule has 3 aromatic rings. The van der Waals surface area contributed by atoms with Crippen molar-refractivity contribution >= 4 is 29.1 Å². The molecular weight excluding hydrogens is 591 g/mol. The van der Waals surface area contributed by atoms with Crippen molar-refractivity contribution in [1.82, 2.24) is 9.80 Å². The summed E-state index contributed by atoms with van der Waals surface area (Å²) < 4.78 is 12.2. The van der Waals surface area contributed by atoms with E-state index in [0.717, 1.165) is 37.1 Å². The largest absolute Gasteiger partial charge is 0.508 e. The highest BCUT2D eigenvalue weighted by atomic mass is 35.5. The van der Waals surface area contributed by atoms with Crippen molar-refractivity contribution in [1.29, 1.82) is 0 Å². The van der Waals surface area contributed by atoms with Crippen molar-refractivity contribution in [3.63, 3.8) is 0 Å². The zero-order valence-electron chi connectivity index (χ0n) is 23.8. The van der Waals surface area contributed by atoms with Gasteiger partial charge in [0.15, 0.2) is 0 Å². The maximum absolute atomic E-state index is 13.5. The summed E-state index contributed by atoms with van der Waals surface area (Å²) in [5.41, 5.74) is 2.11. The summed E-state index contributed by atoms with van der Waals surface area (Å²) in [6, 6.07) is 17.5. The number of hydrogen-bond acceptors (Lipinski definition) is 7. The number of rotatable bonds is 7. The van der Waals surface area contributed by atoms with Gasteiger partial charge in [-0.15, -0.1) is 0 Å². The first kappa shape index (κ1) is 30.2. The van der Waals surface area contributed by atoms with Crippen LogP contribution in [0.4, 0.5) is 0 Å². The van der Waals surface area contributed by atoms with Crippen LogP contribution in [0, 0.1) is 0 Å². The first-order chi connectivity index (χ1) is 20.6. The van der Waals surface area contributed by atoms with E-state index in [1.54, 1.807) is 17.0 Å². The van der Waals surface area contributed by atoms with Crippen LogP contribution < -0.4 is 4.74 Å². The summed E-state index contributed by atoms with van der Waals surface area (Å²) >= 11 is 12.2. The van der Waals surface area contributed by atoms with E-state index in [4.69, 9.17) is 32.7 Å². The van der Waals surface area contributed by atoms with Gasteiger partial charge < -0.3 is 34.6 Å². The predicted molar refractivity (Wildman–Crippen MR) is 164 cm³/mol. The number of ether oxygens (including phenoxy) is 2. The van der Waals surface area contributed by atoms with Crippen LogP contribution in [0.1, 0.15) is 52.7 Å². The fourth-order valence-electron chi connectivity index (χ4n) is 6.57. The number of carbonyl (C=O) groups excluding carboxylic acids is 1. The number of aliphatic hydroxyl groups is 2. The normalized spacial score (nSPS) is 20.1. The maximum atomic E-state index is 13.5. The van der Waals surface area contributed by atoms with E-state index >= 15 is 0 Å². The van der Waals surface area contributed by atoms with Gasteiger partial charge in [0.05, 0.1) is 23.4 Å². The average molecular weight is 628 g/mol. The molecule has 8 nitrogen and oxygen atoms in total. The second-order valence-corrected chi connectivity index (χ2v) is 12.7. The number of phenols is 1. The van der Waals surface area contributed by atoms with E-state index in [-0.39, 0.29) is 29.6 Å². The molecule has 0 unspecified atom stereocenters. The number of piperidine rings is 2. The number of hydrogen-bond donors (Lipinski definition) is 3. The van der Waals surface area contributed by atoms with Crippen molar-refractivity contribution in [2.45, 2.75) is 49.6 Å². The highest BCUT2D eigenvalue weighted by Gasteiger charge is 2.43. The highest BCUT2D eigenvalue weighted by Crippen LogP contribution is 2.45.